The summed E-state index contributed by atoms with van der Waals surface area (Å²) in [5.41, 5.74) is 7.09. The van der Waals surface area contributed by atoms with E-state index in [1.165, 1.54) is 22.3 Å². The summed E-state index contributed by atoms with van der Waals surface area (Å²) in [6.45, 7) is 0. The van der Waals surface area contributed by atoms with Gasteiger partial charge in [-0.2, -0.15) is 0 Å². The van der Waals surface area contributed by atoms with Crippen LogP contribution in [0.5, 0.6) is 5.75 Å². The molecule has 0 bridgehead atoms. The van der Waals surface area contributed by atoms with Crippen LogP contribution >= 0.6 is 11.6 Å². The summed E-state index contributed by atoms with van der Waals surface area (Å²) >= 11 is 6.87. The Balaban J connectivity index is 1.96. The average Bonchev–Trinajstić information content (AvgIpc) is 2.95. The first kappa shape index (κ1) is 15.0. The van der Waals surface area contributed by atoms with Crippen LogP contribution in [0, 0.1) is 0 Å². The predicted molar refractivity (Wildman–Crippen MR) is 100 cm³/mol. The van der Waals surface area contributed by atoms with Gasteiger partial charge < -0.3 is 4.74 Å². The van der Waals surface area contributed by atoms with E-state index in [1.54, 1.807) is 7.11 Å². The standard InChI is InChI=1S/C22H17ClO/c1-24-17-13-11-16(12-14-17)21-20(15-7-3-2-4-8-15)18-9-5-6-10-19(18)22(21)23/h2-14,22H,1H3. The summed E-state index contributed by atoms with van der Waals surface area (Å²) in [6, 6.07) is 27.0. The SMILES string of the molecule is COc1ccc(C2=C(c3ccccc3)c3ccccc3C2Cl)cc1. The van der Waals surface area contributed by atoms with E-state index in [4.69, 9.17) is 16.3 Å². The van der Waals surface area contributed by atoms with E-state index >= 15 is 0 Å². The summed E-state index contributed by atoms with van der Waals surface area (Å²) < 4.78 is 5.28. The molecule has 0 heterocycles. The van der Waals surface area contributed by atoms with Crippen molar-refractivity contribution in [1.82, 2.24) is 0 Å². The number of ether oxygens (including phenoxy) is 1. The molecule has 1 aliphatic rings. The van der Waals surface area contributed by atoms with Crippen LogP contribution in [0.4, 0.5) is 0 Å². The Morgan fingerprint density at radius 1 is 0.750 bits per heavy atom. The number of allylic oxidation sites excluding steroid dienone is 1. The molecule has 0 amide bonds. The molecule has 0 saturated heterocycles. The molecule has 0 saturated carbocycles. The summed E-state index contributed by atoms with van der Waals surface area (Å²) in [4.78, 5) is 0. The minimum atomic E-state index is -0.148. The summed E-state index contributed by atoms with van der Waals surface area (Å²) in [5.74, 6) is 0.849. The third-order valence-corrected chi connectivity index (χ3v) is 4.94. The third kappa shape index (κ3) is 2.42. The summed E-state index contributed by atoms with van der Waals surface area (Å²) in [6.07, 6.45) is 0. The Kier molecular flexibility index (Phi) is 3.87. The lowest BCUT2D eigenvalue weighted by Crippen LogP contribution is -1.92. The van der Waals surface area contributed by atoms with Gasteiger partial charge in [0, 0.05) is 0 Å². The van der Waals surface area contributed by atoms with E-state index in [0.717, 1.165) is 16.9 Å². The Morgan fingerprint density at radius 2 is 1.42 bits per heavy atom. The van der Waals surface area contributed by atoms with E-state index < -0.39 is 0 Å². The largest absolute Gasteiger partial charge is 0.497 e. The smallest absolute Gasteiger partial charge is 0.118 e. The average molecular weight is 333 g/mol. The quantitative estimate of drug-likeness (QED) is 0.539. The fourth-order valence-corrected chi connectivity index (χ4v) is 3.78. The number of benzene rings is 3. The molecule has 4 rings (SSSR count). The molecule has 0 fully saturated rings. The lowest BCUT2D eigenvalue weighted by atomic mass is 9.94. The molecule has 0 aromatic heterocycles. The normalized spacial score (nSPS) is 16.2. The van der Waals surface area contributed by atoms with Crippen molar-refractivity contribution in [2.75, 3.05) is 7.11 Å². The van der Waals surface area contributed by atoms with Crippen LogP contribution < -0.4 is 4.74 Å². The highest BCUT2D eigenvalue weighted by Gasteiger charge is 2.31. The molecule has 0 aliphatic heterocycles. The second-order valence-electron chi connectivity index (χ2n) is 5.83. The second kappa shape index (κ2) is 6.18. The number of fused-ring (bicyclic) bond motifs is 1. The molecule has 3 aromatic rings. The molecule has 0 spiro atoms. The minimum absolute atomic E-state index is 0.148. The van der Waals surface area contributed by atoms with Crippen molar-refractivity contribution in [2.45, 2.75) is 5.38 Å². The highest BCUT2D eigenvalue weighted by Crippen LogP contribution is 2.51. The van der Waals surface area contributed by atoms with Crippen LogP contribution in [0.2, 0.25) is 0 Å². The molecular formula is C22H17ClO. The van der Waals surface area contributed by atoms with Crippen molar-refractivity contribution in [3.63, 3.8) is 0 Å². The Morgan fingerprint density at radius 3 is 2.12 bits per heavy atom. The fourth-order valence-electron chi connectivity index (χ4n) is 3.35. The van der Waals surface area contributed by atoms with Gasteiger partial charge in [0.2, 0.25) is 0 Å². The molecular weight excluding hydrogens is 316 g/mol. The van der Waals surface area contributed by atoms with Gasteiger partial charge in [0.05, 0.1) is 12.5 Å². The number of hydrogen-bond acceptors (Lipinski definition) is 1. The zero-order valence-electron chi connectivity index (χ0n) is 13.4. The van der Waals surface area contributed by atoms with Gasteiger partial charge in [-0.15, -0.1) is 11.6 Å². The zero-order valence-corrected chi connectivity index (χ0v) is 14.1. The van der Waals surface area contributed by atoms with Crippen molar-refractivity contribution in [3.8, 4) is 5.75 Å². The summed E-state index contributed by atoms with van der Waals surface area (Å²) in [7, 11) is 1.68. The van der Waals surface area contributed by atoms with Gasteiger partial charge in [-0.25, -0.2) is 0 Å². The highest BCUT2D eigenvalue weighted by atomic mass is 35.5. The topological polar surface area (TPSA) is 9.23 Å². The van der Waals surface area contributed by atoms with E-state index in [0.29, 0.717) is 0 Å². The zero-order chi connectivity index (χ0) is 16.5. The number of methoxy groups -OCH3 is 1. The molecule has 24 heavy (non-hydrogen) atoms. The number of halogens is 1. The van der Waals surface area contributed by atoms with Crippen LogP contribution in [-0.4, -0.2) is 7.11 Å². The van der Waals surface area contributed by atoms with Crippen LogP contribution in [-0.2, 0) is 0 Å². The number of rotatable bonds is 3. The van der Waals surface area contributed by atoms with Crippen molar-refractivity contribution >= 4 is 22.7 Å². The number of hydrogen-bond donors (Lipinski definition) is 0. The Bertz CT molecular complexity index is 895. The monoisotopic (exact) mass is 332 g/mol. The molecule has 2 heteroatoms. The second-order valence-corrected chi connectivity index (χ2v) is 6.27. The van der Waals surface area contributed by atoms with Crippen LogP contribution in [0.3, 0.4) is 0 Å². The van der Waals surface area contributed by atoms with Crippen molar-refractivity contribution in [1.29, 1.82) is 0 Å². The van der Waals surface area contributed by atoms with Crippen molar-refractivity contribution in [2.24, 2.45) is 0 Å². The molecule has 1 nitrogen and oxygen atoms in total. The van der Waals surface area contributed by atoms with Crippen LogP contribution in [0.15, 0.2) is 78.9 Å². The Hall–Kier alpha value is -2.51. The molecule has 3 aromatic carbocycles. The van der Waals surface area contributed by atoms with Gasteiger partial charge in [-0.3, -0.25) is 0 Å². The maximum absolute atomic E-state index is 6.87. The van der Waals surface area contributed by atoms with Crippen molar-refractivity contribution in [3.05, 3.63) is 101 Å². The maximum atomic E-state index is 6.87. The van der Waals surface area contributed by atoms with Gasteiger partial charge in [-0.1, -0.05) is 66.7 Å². The van der Waals surface area contributed by atoms with E-state index in [9.17, 15) is 0 Å². The van der Waals surface area contributed by atoms with Crippen LogP contribution in [0.1, 0.15) is 27.6 Å². The van der Waals surface area contributed by atoms with Gasteiger partial charge in [-0.05, 0) is 45.5 Å². The molecule has 0 radical (unpaired) electrons. The first-order valence-electron chi connectivity index (χ1n) is 7.97. The number of alkyl halides is 1. The third-order valence-electron chi connectivity index (χ3n) is 4.49. The lowest BCUT2D eigenvalue weighted by Gasteiger charge is -2.12. The lowest BCUT2D eigenvalue weighted by molar-refractivity contribution is 0.415. The van der Waals surface area contributed by atoms with Gasteiger partial charge in [0.1, 0.15) is 5.75 Å². The van der Waals surface area contributed by atoms with Crippen LogP contribution in [0.25, 0.3) is 11.1 Å². The minimum Gasteiger partial charge on any atom is -0.497 e. The van der Waals surface area contributed by atoms with Gasteiger partial charge >= 0.3 is 0 Å². The maximum Gasteiger partial charge on any atom is 0.118 e. The Labute approximate surface area is 147 Å². The van der Waals surface area contributed by atoms with Gasteiger partial charge in [0.25, 0.3) is 0 Å². The van der Waals surface area contributed by atoms with E-state index in [-0.39, 0.29) is 5.38 Å². The fraction of sp³-hybridized carbons (Fsp3) is 0.0909. The van der Waals surface area contributed by atoms with E-state index in [2.05, 4.69) is 54.6 Å². The first-order valence-corrected chi connectivity index (χ1v) is 8.40. The highest BCUT2D eigenvalue weighted by molar-refractivity contribution is 6.31. The molecule has 1 unspecified atom stereocenters. The molecule has 0 N–H and O–H groups in total. The summed E-state index contributed by atoms with van der Waals surface area (Å²) in [5, 5.41) is -0.148. The van der Waals surface area contributed by atoms with E-state index in [1.807, 2.05) is 24.3 Å². The predicted octanol–water partition coefficient (Wildman–Crippen LogP) is 5.95. The van der Waals surface area contributed by atoms with Crippen molar-refractivity contribution < 1.29 is 4.74 Å². The molecule has 1 atom stereocenters. The molecule has 1 aliphatic carbocycles. The van der Waals surface area contributed by atoms with Gasteiger partial charge in [0.15, 0.2) is 0 Å². The molecule has 118 valence electrons. The first-order chi connectivity index (χ1) is 11.8.